The predicted molar refractivity (Wildman–Crippen MR) is 71.0 cm³/mol. The summed E-state index contributed by atoms with van der Waals surface area (Å²) in [5, 5.41) is 18.6. The molecule has 0 bridgehead atoms. The van der Waals surface area contributed by atoms with Crippen molar-refractivity contribution in [1.29, 1.82) is 5.26 Å². The second-order valence-corrected chi connectivity index (χ2v) is 4.62. The Morgan fingerprint density at radius 1 is 1.16 bits per heavy atom. The van der Waals surface area contributed by atoms with E-state index in [-0.39, 0.29) is 6.10 Å². The third kappa shape index (κ3) is 2.18. The first-order valence-corrected chi connectivity index (χ1v) is 6.26. The first kappa shape index (κ1) is 11.8. The molecule has 0 heterocycles. The van der Waals surface area contributed by atoms with Crippen molar-refractivity contribution in [3.8, 4) is 17.6 Å². The number of benzene rings is 2. The van der Waals surface area contributed by atoms with E-state index in [2.05, 4.69) is 6.07 Å². The predicted octanol–water partition coefficient (Wildman–Crippen LogP) is 3.33. The molecule has 0 aliphatic heterocycles. The summed E-state index contributed by atoms with van der Waals surface area (Å²) in [6.45, 7) is 0. The molecular weight excluding hydrogens is 238 g/mol. The van der Waals surface area contributed by atoms with Crippen LogP contribution in [0.5, 0.6) is 11.5 Å². The van der Waals surface area contributed by atoms with Crippen molar-refractivity contribution in [1.82, 2.24) is 0 Å². The van der Waals surface area contributed by atoms with Crippen molar-refractivity contribution >= 4 is 0 Å². The van der Waals surface area contributed by atoms with Crippen LogP contribution in [0, 0.1) is 11.3 Å². The Morgan fingerprint density at radius 2 is 1.95 bits per heavy atom. The fourth-order valence-electron chi connectivity index (χ4n) is 2.42. The molecule has 94 valence electrons. The van der Waals surface area contributed by atoms with Gasteiger partial charge in [0.15, 0.2) is 0 Å². The molecule has 2 aromatic rings. The van der Waals surface area contributed by atoms with Crippen molar-refractivity contribution in [3.63, 3.8) is 0 Å². The molecule has 0 aromatic heterocycles. The van der Waals surface area contributed by atoms with Gasteiger partial charge in [0.25, 0.3) is 0 Å². The normalized spacial score (nSPS) is 16.7. The van der Waals surface area contributed by atoms with Crippen LogP contribution in [0.4, 0.5) is 0 Å². The largest absolute Gasteiger partial charge is 0.457 e. The zero-order valence-electron chi connectivity index (χ0n) is 10.3. The summed E-state index contributed by atoms with van der Waals surface area (Å²) in [6, 6.07) is 14.8. The summed E-state index contributed by atoms with van der Waals surface area (Å²) in [4.78, 5) is 0. The van der Waals surface area contributed by atoms with Crippen LogP contribution in [-0.4, -0.2) is 5.11 Å². The monoisotopic (exact) mass is 251 g/mol. The lowest BCUT2D eigenvalue weighted by Gasteiger charge is -2.11. The molecular formula is C16H13NO2. The second kappa shape index (κ2) is 4.75. The minimum atomic E-state index is -0.375. The van der Waals surface area contributed by atoms with Gasteiger partial charge in [0.2, 0.25) is 0 Å². The maximum atomic E-state index is 9.85. The van der Waals surface area contributed by atoms with Gasteiger partial charge in [0, 0.05) is 5.56 Å². The van der Waals surface area contributed by atoms with E-state index in [0.29, 0.717) is 11.3 Å². The SMILES string of the molecule is N#Cc1ccc(Oc2cccc3c2CCC3O)cc1. The molecule has 0 amide bonds. The first-order valence-electron chi connectivity index (χ1n) is 6.26. The van der Waals surface area contributed by atoms with Gasteiger partial charge in [-0.1, -0.05) is 12.1 Å². The summed E-state index contributed by atoms with van der Waals surface area (Å²) in [5.74, 6) is 1.49. The second-order valence-electron chi connectivity index (χ2n) is 4.62. The Balaban J connectivity index is 1.90. The summed E-state index contributed by atoms with van der Waals surface area (Å²) in [6.07, 6.45) is 1.21. The Labute approximate surface area is 111 Å². The molecule has 1 atom stereocenters. The third-order valence-electron chi connectivity index (χ3n) is 3.41. The highest BCUT2D eigenvalue weighted by atomic mass is 16.5. The van der Waals surface area contributed by atoms with E-state index < -0.39 is 0 Å². The Kier molecular flexibility index (Phi) is 2.94. The number of aliphatic hydroxyl groups excluding tert-OH is 1. The number of nitrogens with zero attached hydrogens (tertiary/aromatic N) is 1. The minimum Gasteiger partial charge on any atom is -0.457 e. The molecule has 2 aromatic carbocycles. The van der Waals surface area contributed by atoms with Gasteiger partial charge in [-0.2, -0.15) is 5.26 Å². The molecule has 3 heteroatoms. The number of ether oxygens (including phenoxy) is 1. The lowest BCUT2D eigenvalue weighted by atomic mass is 10.1. The van der Waals surface area contributed by atoms with Crippen LogP contribution in [-0.2, 0) is 6.42 Å². The summed E-state index contributed by atoms with van der Waals surface area (Å²) in [5.41, 5.74) is 2.66. The molecule has 0 spiro atoms. The van der Waals surface area contributed by atoms with Crippen LogP contribution in [0.1, 0.15) is 29.2 Å². The number of nitriles is 1. The third-order valence-corrected chi connectivity index (χ3v) is 3.41. The van der Waals surface area contributed by atoms with E-state index >= 15 is 0 Å². The Bertz CT molecular complexity index is 641. The smallest absolute Gasteiger partial charge is 0.130 e. The van der Waals surface area contributed by atoms with Gasteiger partial charge in [-0.05, 0) is 48.7 Å². The van der Waals surface area contributed by atoms with Crippen LogP contribution in [0.3, 0.4) is 0 Å². The maximum absolute atomic E-state index is 9.85. The molecule has 1 unspecified atom stereocenters. The van der Waals surface area contributed by atoms with Gasteiger partial charge in [0.1, 0.15) is 11.5 Å². The minimum absolute atomic E-state index is 0.375. The van der Waals surface area contributed by atoms with Crippen molar-refractivity contribution in [2.24, 2.45) is 0 Å². The van der Waals surface area contributed by atoms with Crippen molar-refractivity contribution in [2.45, 2.75) is 18.9 Å². The van der Waals surface area contributed by atoms with Crippen LogP contribution < -0.4 is 4.74 Å². The standard InChI is InChI=1S/C16H13NO2/c17-10-11-4-6-12(7-5-11)19-16-3-1-2-13-14(16)8-9-15(13)18/h1-7,15,18H,8-9H2. The van der Waals surface area contributed by atoms with Crippen molar-refractivity contribution in [2.75, 3.05) is 0 Å². The molecule has 1 aliphatic carbocycles. The zero-order valence-corrected chi connectivity index (χ0v) is 10.3. The highest BCUT2D eigenvalue weighted by molar-refractivity contribution is 5.47. The van der Waals surface area contributed by atoms with E-state index in [1.807, 2.05) is 18.2 Å². The lowest BCUT2D eigenvalue weighted by molar-refractivity contribution is 0.180. The summed E-state index contributed by atoms with van der Waals surface area (Å²) in [7, 11) is 0. The molecule has 1 N–H and O–H groups in total. The van der Waals surface area contributed by atoms with Gasteiger partial charge in [-0.25, -0.2) is 0 Å². The molecule has 0 saturated heterocycles. The number of hydrogen-bond donors (Lipinski definition) is 1. The highest BCUT2D eigenvalue weighted by Crippen LogP contribution is 2.38. The molecule has 1 aliphatic rings. The van der Waals surface area contributed by atoms with E-state index in [1.54, 1.807) is 24.3 Å². The van der Waals surface area contributed by atoms with Crippen molar-refractivity contribution < 1.29 is 9.84 Å². The van der Waals surface area contributed by atoms with Gasteiger partial charge in [0.05, 0.1) is 17.7 Å². The molecule has 0 saturated carbocycles. The topological polar surface area (TPSA) is 53.2 Å². The van der Waals surface area contributed by atoms with E-state index in [0.717, 1.165) is 29.7 Å². The van der Waals surface area contributed by atoms with E-state index in [9.17, 15) is 5.11 Å². The Morgan fingerprint density at radius 3 is 2.68 bits per heavy atom. The van der Waals surface area contributed by atoms with Gasteiger partial charge >= 0.3 is 0 Å². The van der Waals surface area contributed by atoms with Gasteiger partial charge < -0.3 is 9.84 Å². The average Bonchev–Trinajstić information content (AvgIpc) is 2.83. The molecule has 0 radical (unpaired) electrons. The van der Waals surface area contributed by atoms with Gasteiger partial charge in [-0.3, -0.25) is 0 Å². The van der Waals surface area contributed by atoms with Crippen LogP contribution in [0.25, 0.3) is 0 Å². The van der Waals surface area contributed by atoms with Gasteiger partial charge in [-0.15, -0.1) is 0 Å². The molecule has 0 fully saturated rings. The molecule has 3 nitrogen and oxygen atoms in total. The summed E-state index contributed by atoms with van der Waals surface area (Å²) < 4.78 is 5.85. The van der Waals surface area contributed by atoms with Crippen LogP contribution in [0.15, 0.2) is 42.5 Å². The Hall–Kier alpha value is -2.31. The maximum Gasteiger partial charge on any atom is 0.130 e. The molecule has 3 rings (SSSR count). The quantitative estimate of drug-likeness (QED) is 0.890. The molecule has 19 heavy (non-hydrogen) atoms. The van der Waals surface area contributed by atoms with E-state index in [4.69, 9.17) is 10.00 Å². The summed E-state index contributed by atoms with van der Waals surface area (Å²) >= 11 is 0. The highest BCUT2D eigenvalue weighted by Gasteiger charge is 2.23. The number of aliphatic hydroxyl groups is 1. The van der Waals surface area contributed by atoms with Crippen LogP contribution in [0.2, 0.25) is 0 Å². The fourth-order valence-corrected chi connectivity index (χ4v) is 2.42. The lowest BCUT2D eigenvalue weighted by Crippen LogP contribution is -1.93. The average molecular weight is 251 g/mol. The first-order chi connectivity index (χ1) is 9.28. The number of fused-ring (bicyclic) bond motifs is 1. The fraction of sp³-hybridized carbons (Fsp3) is 0.188. The van der Waals surface area contributed by atoms with Crippen molar-refractivity contribution in [3.05, 3.63) is 59.2 Å². The number of rotatable bonds is 2. The number of hydrogen-bond acceptors (Lipinski definition) is 3. The van der Waals surface area contributed by atoms with E-state index in [1.165, 1.54) is 0 Å². The zero-order chi connectivity index (χ0) is 13.2. The van der Waals surface area contributed by atoms with Crippen LogP contribution >= 0.6 is 0 Å².